The fraction of sp³-hybridized carbons (Fsp3) is 0.273. The maximum atomic E-state index is 2.34. The Kier molecular flexibility index (Phi) is 2.08. The maximum absolute atomic E-state index is 2.34. The summed E-state index contributed by atoms with van der Waals surface area (Å²) in [5.41, 5.74) is 5.94. The third-order valence-corrected chi connectivity index (χ3v) is 4.38. The normalized spacial score (nSPS) is 20.4. The number of aryl methyl sites for hydroxylation is 1. The second-order valence-electron chi connectivity index (χ2n) is 3.40. The van der Waals surface area contributed by atoms with Gasteiger partial charge in [0.25, 0.3) is 0 Å². The monoisotopic (exact) mass is 233 g/mol. The van der Waals surface area contributed by atoms with Gasteiger partial charge in [-0.2, -0.15) is 0 Å². The second-order valence-corrected chi connectivity index (χ2v) is 4.82. The molecule has 1 aliphatic carbocycles. The molecule has 0 amide bonds. The molecule has 0 heterocycles. The Labute approximate surface area is 88.5 Å². The summed E-state index contributed by atoms with van der Waals surface area (Å²) in [6, 6.07) is 6.61. The van der Waals surface area contributed by atoms with Crippen LogP contribution in [0.3, 0.4) is 0 Å². The summed E-state index contributed by atoms with van der Waals surface area (Å²) >= 11 is 1.61. The van der Waals surface area contributed by atoms with Crippen molar-refractivity contribution < 1.29 is 24.7 Å². The number of hydrogen-bond donors (Lipinski definition) is 0. The van der Waals surface area contributed by atoms with Crippen LogP contribution in [0.1, 0.15) is 27.2 Å². The second kappa shape index (κ2) is 2.96. The van der Waals surface area contributed by atoms with Crippen molar-refractivity contribution in [1.82, 2.24) is 0 Å². The van der Waals surface area contributed by atoms with Crippen molar-refractivity contribution >= 4 is 6.08 Å². The van der Waals surface area contributed by atoms with E-state index in [4.69, 9.17) is 0 Å². The zero-order chi connectivity index (χ0) is 8.72. The van der Waals surface area contributed by atoms with Gasteiger partial charge in [0.05, 0.1) is 0 Å². The molecule has 59 valence electrons. The van der Waals surface area contributed by atoms with Crippen LogP contribution in [0.5, 0.6) is 0 Å². The first kappa shape index (κ1) is 8.44. The molecule has 12 heavy (non-hydrogen) atoms. The predicted octanol–water partition coefficient (Wildman–Crippen LogP) is 3.00. The summed E-state index contributed by atoms with van der Waals surface area (Å²) < 4.78 is 0.715. The number of fused-ring (bicyclic) bond motifs is 1. The number of allylic oxidation sites excluding steroid dienone is 1. The van der Waals surface area contributed by atoms with E-state index < -0.39 is 0 Å². The minimum absolute atomic E-state index is 0.715. The molecule has 1 aromatic carbocycles. The molecular formula is C11H11Zr. The quantitative estimate of drug-likeness (QED) is 0.647. The fourth-order valence-electron chi connectivity index (χ4n) is 1.71. The van der Waals surface area contributed by atoms with E-state index in [9.17, 15) is 0 Å². The minimum atomic E-state index is 0.715. The van der Waals surface area contributed by atoms with E-state index in [-0.39, 0.29) is 0 Å². The van der Waals surface area contributed by atoms with Crippen molar-refractivity contribution in [2.75, 3.05) is 0 Å². The first-order valence-electron chi connectivity index (χ1n) is 4.19. The Bertz CT molecular complexity index is 350. The first-order valence-corrected chi connectivity index (χ1v) is 5.61. The first-order chi connectivity index (χ1) is 5.70. The van der Waals surface area contributed by atoms with E-state index in [2.05, 4.69) is 38.1 Å². The van der Waals surface area contributed by atoms with Crippen molar-refractivity contribution in [2.45, 2.75) is 17.5 Å². The van der Waals surface area contributed by atoms with Crippen LogP contribution in [0.2, 0.25) is 0 Å². The van der Waals surface area contributed by atoms with Gasteiger partial charge in [-0.3, -0.25) is 0 Å². The van der Waals surface area contributed by atoms with E-state index in [0.29, 0.717) is 3.63 Å². The Morgan fingerprint density at radius 1 is 1.25 bits per heavy atom. The summed E-state index contributed by atoms with van der Waals surface area (Å²) in [5, 5.41) is 0. The van der Waals surface area contributed by atoms with Crippen molar-refractivity contribution in [1.29, 1.82) is 0 Å². The van der Waals surface area contributed by atoms with Crippen LogP contribution in [0.15, 0.2) is 23.8 Å². The third-order valence-electron chi connectivity index (χ3n) is 2.50. The topological polar surface area (TPSA) is 0 Å². The van der Waals surface area contributed by atoms with Crippen LogP contribution in [0, 0.1) is 6.92 Å². The molecule has 1 aromatic rings. The van der Waals surface area contributed by atoms with Crippen molar-refractivity contribution in [3.8, 4) is 0 Å². The Balaban J connectivity index is 2.64. The van der Waals surface area contributed by atoms with Gasteiger partial charge in [0.1, 0.15) is 0 Å². The molecule has 0 nitrogen and oxygen atoms in total. The van der Waals surface area contributed by atoms with Crippen molar-refractivity contribution in [2.24, 2.45) is 0 Å². The van der Waals surface area contributed by atoms with Crippen LogP contribution >= 0.6 is 0 Å². The summed E-state index contributed by atoms with van der Waals surface area (Å²) in [5.74, 6) is 0. The molecule has 0 aromatic heterocycles. The third kappa shape index (κ3) is 1.15. The molecule has 0 aliphatic heterocycles. The molecular weight excluding hydrogens is 223 g/mol. The van der Waals surface area contributed by atoms with Gasteiger partial charge in [0.15, 0.2) is 0 Å². The van der Waals surface area contributed by atoms with Gasteiger partial charge in [-0.25, -0.2) is 0 Å². The van der Waals surface area contributed by atoms with Gasteiger partial charge >= 0.3 is 88.7 Å². The molecule has 2 rings (SSSR count). The van der Waals surface area contributed by atoms with E-state index in [0.717, 1.165) is 0 Å². The van der Waals surface area contributed by atoms with Crippen LogP contribution in [-0.2, 0) is 24.7 Å². The van der Waals surface area contributed by atoms with Crippen LogP contribution in [0.25, 0.3) is 6.08 Å². The predicted molar refractivity (Wildman–Crippen MR) is 47.6 cm³/mol. The fourth-order valence-corrected chi connectivity index (χ4v) is 2.53. The molecule has 0 spiro atoms. The average molecular weight is 234 g/mol. The Hall–Kier alpha value is -0.157. The number of benzene rings is 1. The molecule has 1 aliphatic rings. The summed E-state index contributed by atoms with van der Waals surface area (Å²) in [7, 11) is 0. The van der Waals surface area contributed by atoms with Gasteiger partial charge in [-0.05, 0) is 0 Å². The Morgan fingerprint density at radius 3 is 2.67 bits per heavy atom. The molecule has 0 saturated heterocycles. The molecule has 1 heteroatoms. The van der Waals surface area contributed by atoms with Gasteiger partial charge in [-0.15, -0.1) is 0 Å². The standard InChI is InChI=1S/C11H11.Zr/c1-8-6-10-5-3-4-9(2)11(10)7-8;/h3-7H,1-2H3;. The van der Waals surface area contributed by atoms with E-state index in [1.807, 2.05) is 0 Å². The molecule has 0 radical (unpaired) electrons. The van der Waals surface area contributed by atoms with Gasteiger partial charge in [0, 0.05) is 0 Å². The van der Waals surface area contributed by atoms with E-state index in [1.54, 1.807) is 24.7 Å². The average Bonchev–Trinajstić information content (AvgIpc) is 2.32. The SMILES string of the molecule is CC1=Cc2c(C)cccc2[CH]1[Zr]. The molecule has 1 atom stereocenters. The zero-order valence-corrected chi connectivity index (χ0v) is 9.84. The molecule has 0 saturated carbocycles. The molecule has 0 fully saturated rings. The molecule has 0 N–H and O–H groups in total. The van der Waals surface area contributed by atoms with E-state index >= 15 is 0 Å². The summed E-state index contributed by atoms with van der Waals surface area (Å²) in [6.45, 7) is 4.43. The molecule has 0 bridgehead atoms. The van der Waals surface area contributed by atoms with Gasteiger partial charge in [0.2, 0.25) is 0 Å². The van der Waals surface area contributed by atoms with Crippen LogP contribution in [-0.4, -0.2) is 0 Å². The van der Waals surface area contributed by atoms with Gasteiger partial charge in [-0.1, -0.05) is 0 Å². The summed E-state index contributed by atoms with van der Waals surface area (Å²) in [6.07, 6.45) is 2.34. The van der Waals surface area contributed by atoms with Gasteiger partial charge < -0.3 is 0 Å². The number of rotatable bonds is 0. The zero-order valence-electron chi connectivity index (χ0n) is 7.39. The van der Waals surface area contributed by atoms with Crippen LogP contribution < -0.4 is 0 Å². The molecule has 1 unspecified atom stereocenters. The summed E-state index contributed by atoms with van der Waals surface area (Å²) in [4.78, 5) is 0. The number of hydrogen-bond acceptors (Lipinski definition) is 0. The van der Waals surface area contributed by atoms with Crippen LogP contribution in [0.4, 0.5) is 0 Å². The Morgan fingerprint density at radius 2 is 2.00 bits per heavy atom. The van der Waals surface area contributed by atoms with Crippen molar-refractivity contribution in [3.05, 3.63) is 40.5 Å². The van der Waals surface area contributed by atoms with Crippen molar-refractivity contribution in [3.63, 3.8) is 0 Å². The van der Waals surface area contributed by atoms with E-state index in [1.165, 1.54) is 22.3 Å².